The first-order valence-electron chi connectivity index (χ1n) is 6.26. The lowest BCUT2D eigenvalue weighted by Crippen LogP contribution is -2.13. The van der Waals surface area contributed by atoms with E-state index in [1.807, 2.05) is 61.5 Å². The predicted octanol–water partition coefficient (Wildman–Crippen LogP) is 4.06. The Morgan fingerprint density at radius 2 is 1.68 bits per heavy atom. The quantitative estimate of drug-likeness (QED) is 0.835. The van der Waals surface area contributed by atoms with Crippen molar-refractivity contribution in [2.24, 2.45) is 0 Å². The minimum Gasteiger partial charge on any atom is -0.485 e. The molecule has 0 bridgehead atoms. The first kappa shape index (κ1) is 13.9. The minimum absolute atomic E-state index is 0.255. The van der Waals surface area contributed by atoms with Crippen LogP contribution in [-0.4, -0.2) is 10.7 Å². The van der Waals surface area contributed by atoms with Crippen LogP contribution in [0.3, 0.4) is 0 Å². The molecule has 2 nitrogen and oxygen atoms in total. The number of aryl methyl sites for hydroxylation is 1. The highest BCUT2D eigenvalue weighted by Crippen LogP contribution is 2.28. The average Bonchev–Trinajstić information content (AvgIpc) is 2.41. The zero-order valence-corrected chi connectivity index (χ0v) is 11.5. The highest BCUT2D eigenvalue weighted by Gasteiger charge is 2.17. The number of aliphatic hydroxyl groups excluding tert-OH is 1. The van der Waals surface area contributed by atoms with Crippen LogP contribution in [0.15, 0.2) is 54.6 Å². The second kappa shape index (κ2) is 6.60. The molecule has 0 aromatic heterocycles. The summed E-state index contributed by atoms with van der Waals surface area (Å²) < 4.78 is 6.00. The number of hydrogen-bond donors (Lipinski definition) is 1. The molecule has 0 saturated heterocycles. The van der Waals surface area contributed by atoms with Gasteiger partial charge in [0.15, 0.2) is 0 Å². The SMILES string of the molecule is Cc1ccccc1OC(C[C@H](O)Cl)c1ccccc1. The van der Waals surface area contributed by atoms with E-state index in [-0.39, 0.29) is 6.10 Å². The third-order valence-corrected chi connectivity index (χ3v) is 3.12. The van der Waals surface area contributed by atoms with Crippen molar-refractivity contribution in [3.63, 3.8) is 0 Å². The Hall–Kier alpha value is -1.51. The molecular weight excluding hydrogens is 260 g/mol. The molecule has 100 valence electrons. The summed E-state index contributed by atoms with van der Waals surface area (Å²) >= 11 is 5.70. The molecule has 0 aliphatic heterocycles. The van der Waals surface area contributed by atoms with Crippen molar-refractivity contribution in [3.8, 4) is 5.75 Å². The molecule has 1 N–H and O–H groups in total. The first-order valence-corrected chi connectivity index (χ1v) is 6.70. The van der Waals surface area contributed by atoms with Gasteiger partial charge in [0.05, 0.1) is 0 Å². The fourth-order valence-electron chi connectivity index (χ4n) is 1.94. The van der Waals surface area contributed by atoms with Crippen molar-refractivity contribution in [1.29, 1.82) is 0 Å². The number of benzene rings is 2. The summed E-state index contributed by atoms with van der Waals surface area (Å²) in [6, 6.07) is 17.6. The molecule has 0 heterocycles. The summed E-state index contributed by atoms with van der Waals surface area (Å²) in [5.41, 5.74) is 1.15. The monoisotopic (exact) mass is 276 g/mol. The Balaban J connectivity index is 2.22. The molecule has 0 aliphatic rings. The van der Waals surface area contributed by atoms with Crippen molar-refractivity contribution in [2.45, 2.75) is 25.0 Å². The first-order chi connectivity index (χ1) is 9.16. The van der Waals surface area contributed by atoms with E-state index < -0.39 is 5.56 Å². The Morgan fingerprint density at radius 1 is 1.05 bits per heavy atom. The lowest BCUT2D eigenvalue weighted by molar-refractivity contribution is 0.137. The Kier molecular flexibility index (Phi) is 4.83. The second-order valence-corrected chi connectivity index (χ2v) is 4.96. The van der Waals surface area contributed by atoms with Gasteiger partial charge in [0, 0.05) is 6.42 Å². The van der Waals surface area contributed by atoms with E-state index in [0.29, 0.717) is 6.42 Å². The van der Waals surface area contributed by atoms with E-state index in [2.05, 4.69) is 0 Å². The molecule has 19 heavy (non-hydrogen) atoms. The van der Waals surface area contributed by atoms with Crippen LogP contribution in [0.2, 0.25) is 0 Å². The fourth-order valence-corrected chi connectivity index (χ4v) is 2.10. The van der Waals surface area contributed by atoms with Crippen LogP contribution in [0.1, 0.15) is 23.7 Å². The zero-order valence-electron chi connectivity index (χ0n) is 10.8. The third kappa shape index (κ3) is 3.98. The molecule has 0 fully saturated rings. The maximum atomic E-state index is 9.42. The molecule has 0 saturated carbocycles. The van der Waals surface area contributed by atoms with Crippen molar-refractivity contribution in [2.75, 3.05) is 0 Å². The van der Waals surface area contributed by atoms with Gasteiger partial charge in [0.1, 0.15) is 17.4 Å². The maximum Gasteiger partial charge on any atom is 0.131 e. The van der Waals surface area contributed by atoms with Gasteiger partial charge in [-0.3, -0.25) is 0 Å². The molecular formula is C16H17ClO2. The minimum atomic E-state index is -0.922. The van der Waals surface area contributed by atoms with Gasteiger partial charge >= 0.3 is 0 Å². The fraction of sp³-hybridized carbons (Fsp3) is 0.250. The molecule has 0 spiro atoms. The van der Waals surface area contributed by atoms with Crippen LogP contribution in [0.5, 0.6) is 5.75 Å². The van der Waals surface area contributed by atoms with E-state index in [1.165, 1.54) is 0 Å². The van der Waals surface area contributed by atoms with Gasteiger partial charge in [0.2, 0.25) is 0 Å². The summed E-state index contributed by atoms with van der Waals surface area (Å²) in [6.45, 7) is 1.99. The number of ether oxygens (including phenoxy) is 1. The van der Waals surface area contributed by atoms with Crippen LogP contribution >= 0.6 is 11.6 Å². The summed E-state index contributed by atoms with van der Waals surface area (Å²) in [5.74, 6) is 0.814. The molecule has 2 rings (SSSR count). The lowest BCUT2D eigenvalue weighted by atomic mass is 10.1. The largest absolute Gasteiger partial charge is 0.485 e. The predicted molar refractivity (Wildman–Crippen MR) is 77.5 cm³/mol. The van der Waals surface area contributed by atoms with Gasteiger partial charge in [-0.15, -0.1) is 0 Å². The summed E-state index contributed by atoms with van der Waals surface area (Å²) in [4.78, 5) is 0. The van der Waals surface area contributed by atoms with Crippen LogP contribution in [-0.2, 0) is 0 Å². The van der Waals surface area contributed by atoms with Crippen LogP contribution in [0, 0.1) is 6.92 Å². The summed E-state index contributed by atoms with van der Waals surface area (Å²) in [6.07, 6.45) is 0.0923. The van der Waals surface area contributed by atoms with Gasteiger partial charge in [-0.25, -0.2) is 0 Å². The Bertz CT molecular complexity index is 511. The molecule has 0 amide bonds. The summed E-state index contributed by atoms with van der Waals surface area (Å²) in [5, 5.41) is 9.42. The number of hydrogen-bond acceptors (Lipinski definition) is 2. The molecule has 2 aromatic rings. The smallest absolute Gasteiger partial charge is 0.131 e. The van der Waals surface area contributed by atoms with Crippen molar-refractivity contribution < 1.29 is 9.84 Å². The van der Waals surface area contributed by atoms with E-state index in [1.54, 1.807) is 0 Å². The molecule has 0 radical (unpaired) electrons. The van der Waals surface area contributed by atoms with E-state index in [4.69, 9.17) is 16.3 Å². The van der Waals surface area contributed by atoms with Gasteiger partial charge in [-0.1, -0.05) is 60.1 Å². The third-order valence-electron chi connectivity index (χ3n) is 2.94. The number of aliphatic hydroxyl groups is 1. The Labute approximate surface area is 118 Å². The molecule has 2 atom stereocenters. The van der Waals surface area contributed by atoms with Gasteiger partial charge in [-0.2, -0.15) is 0 Å². The Morgan fingerprint density at radius 3 is 2.32 bits per heavy atom. The second-order valence-electron chi connectivity index (χ2n) is 4.45. The normalized spacial score (nSPS) is 13.8. The van der Waals surface area contributed by atoms with Gasteiger partial charge in [0.25, 0.3) is 0 Å². The zero-order chi connectivity index (χ0) is 13.7. The standard InChI is InChI=1S/C16H17ClO2/c1-12-7-5-6-10-14(12)19-15(11-16(17)18)13-8-3-2-4-9-13/h2-10,15-16,18H,11H2,1H3/t15?,16-/m0/s1. The average molecular weight is 277 g/mol. The highest BCUT2D eigenvalue weighted by molar-refractivity contribution is 6.19. The van der Waals surface area contributed by atoms with Crippen LogP contribution in [0.25, 0.3) is 0 Å². The van der Waals surface area contributed by atoms with Crippen LogP contribution in [0.4, 0.5) is 0 Å². The van der Waals surface area contributed by atoms with Crippen molar-refractivity contribution in [1.82, 2.24) is 0 Å². The van der Waals surface area contributed by atoms with Crippen LogP contribution < -0.4 is 4.74 Å². The highest BCUT2D eigenvalue weighted by atomic mass is 35.5. The van der Waals surface area contributed by atoms with Gasteiger partial charge < -0.3 is 9.84 Å². The van der Waals surface area contributed by atoms with E-state index >= 15 is 0 Å². The number of para-hydroxylation sites is 1. The maximum absolute atomic E-state index is 9.42. The molecule has 1 unspecified atom stereocenters. The van der Waals surface area contributed by atoms with E-state index in [0.717, 1.165) is 16.9 Å². The number of alkyl halides is 1. The van der Waals surface area contributed by atoms with Crippen molar-refractivity contribution >= 4 is 11.6 Å². The number of rotatable bonds is 5. The lowest BCUT2D eigenvalue weighted by Gasteiger charge is -2.21. The van der Waals surface area contributed by atoms with E-state index in [9.17, 15) is 5.11 Å². The number of halogens is 1. The van der Waals surface area contributed by atoms with Crippen molar-refractivity contribution in [3.05, 3.63) is 65.7 Å². The topological polar surface area (TPSA) is 29.5 Å². The molecule has 2 aromatic carbocycles. The van der Waals surface area contributed by atoms with Gasteiger partial charge in [-0.05, 0) is 24.1 Å². The summed E-state index contributed by atoms with van der Waals surface area (Å²) in [7, 11) is 0. The molecule has 0 aliphatic carbocycles. The molecule has 3 heteroatoms.